The fourth-order valence-corrected chi connectivity index (χ4v) is 1.24. The van der Waals surface area contributed by atoms with E-state index in [4.69, 9.17) is 9.47 Å². The molecule has 0 atom stereocenters. The number of esters is 1. The summed E-state index contributed by atoms with van der Waals surface area (Å²) in [5.74, 6) is -0.332. The van der Waals surface area contributed by atoms with Gasteiger partial charge in [-0.25, -0.2) is 4.79 Å². The monoisotopic (exact) mass is 232 g/mol. The topological polar surface area (TPSA) is 35.5 Å². The fourth-order valence-electron chi connectivity index (χ4n) is 1.24. The van der Waals surface area contributed by atoms with Gasteiger partial charge in [0.25, 0.3) is 0 Å². The molecule has 0 bridgehead atoms. The van der Waals surface area contributed by atoms with E-state index in [-0.39, 0.29) is 12.6 Å². The van der Waals surface area contributed by atoms with Crippen molar-refractivity contribution in [3.05, 3.63) is 54.3 Å². The van der Waals surface area contributed by atoms with Crippen molar-refractivity contribution in [3.8, 4) is 0 Å². The number of carbonyl (C=O) groups is 1. The van der Waals surface area contributed by atoms with Crippen LogP contribution in [0.1, 0.15) is 12.5 Å². The zero-order valence-electron chi connectivity index (χ0n) is 9.89. The van der Waals surface area contributed by atoms with Gasteiger partial charge < -0.3 is 9.47 Å². The molecule has 0 radical (unpaired) electrons. The Labute approximate surface area is 101 Å². The van der Waals surface area contributed by atoms with Crippen LogP contribution in [0.4, 0.5) is 0 Å². The number of hydrogen-bond acceptors (Lipinski definition) is 3. The molecule has 1 aromatic rings. The van der Waals surface area contributed by atoms with Crippen molar-refractivity contribution in [3.63, 3.8) is 0 Å². The Hall–Kier alpha value is -2.03. The Morgan fingerprint density at radius 3 is 2.65 bits per heavy atom. The molecule has 3 heteroatoms. The van der Waals surface area contributed by atoms with Gasteiger partial charge in [0.15, 0.2) is 0 Å². The van der Waals surface area contributed by atoms with Crippen molar-refractivity contribution >= 4 is 12.0 Å². The summed E-state index contributed by atoms with van der Waals surface area (Å²) >= 11 is 0. The Morgan fingerprint density at radius 1 is 1.29 bits per heavy atom. The van der Waals surface area contributed by atoms with Gasteiger partial charge in [-0.05, 0) is 18.6 Å². The lowest BCUT2D eigenvalue weighted by molar-refractivity contribution is -0.139. The summed E-state index contributed by atoms with van der Waals surface area (Å²) < 4.78 is 9.85. The summed E-state index contributed by atoms with van der Waals surface area (Å²) in [7, 11) is 0. The average molecular weight is 232 g/mol. The predicted octanol–water partition coefficient (Wildman–Crippen LogP) is 2.79. The zero-order valence-corrected chi connectivity index (χ0v) is 9.89. The molecule has 17 heavy (non-hydrogen) atoms. The second kappa shape index (κ2) is 7.28. The first-order chi connectivity index (χ1) is 8.24. The second-order valence-electron chi connectivity index (χ2n) is 3.41. The first kappa shape index (κ1) is 13.0. The molecule has 0 saturated carbocycles. The number of carbonyl (C=O) groups excluding carboxylic acids is 1. The van der Waals surface area contributed by atoms with E-state index in [0.717, 1.165) is 5.56 Å². The van der Waals surface area contributed by atoms with E-state index < -0.39 is 0 Å². The molecule has 0 aliphatic carbocycles. The molecule has 0 aromatic heterocycles. The van der Waals surface area contributed by atoms with Gasteiger partial charge in [0.2, 0.25) is 0 Å². The maximum atomic E-state index is 11.5. The van der Waals surface area contributed by atoms with E-state index in [1.165, 1.54) is 6.26 Å². The summed E-state index contributed by atoms with van der Waals surface area (Å²) in [6, 6.07) is 9.62. The Kier molecular flexibility index (Phi) is 5.58. The molecular weight excluding hydrogens is 216 g/mol. The largest absolute Gasteiger partial charge is 0.498 e. The standard InChI is InChI=1S/C14H16O3/c1-3-16-9-10-17-14(15)12(2)11-13-7-5-4-6-8-13/h3-8,11H,1,9-10H2,2H3. The molecule has 0 aliphatic heterocycles. The van der Waals surface area contributed by atoms with E-state index in [1.807, 2.05) is 30.3 Å². The van der Waals surface area contributed by atoms with Crippen molar-refractivity contribution < 1.29 is 14.3 Å². The van der Waals surface area contributed by atoms with Crippen molar-refractivity contribution in [1.29, 1.82) is 0 Å². The summed E-state index contributed by atoms with van der Waals surface area (Å²) in [6.45, 7) is 5.67. The zero-order chi connectivity index (χ0) is 12.5. The molecule has 0 heterocycles. The number of benzene rings is 1. The third-order valence-electron chi connectivity index (χ3n) is 2.06. The quantitative estimate of drug-likeness (QED) is 0.327. The van der Waals surface area contributed by atoms with Crippen LogP contribution >= 0.6 is 0 Å². The highest BCUT2D eigenvalue weighted by atomic mass is 16.6. The van der Waals surface area contributed by atoms with Crippen LogP contribution in [0.5, 0.6) is 0 Å². The molecule has 3 nitrogen and oxygen atoms in total. The fraction of sp³-hybridized carbons (Fsp3) is 0.214. The Balaban J connectivity index is 2.46. The van der Waals surface area contributed by atoms with Gasteiger partial charge in [0, 0.05) is 5.57 Å². The SMILES string of the molecule is C=COCCOC(=O)C(C)=Cc1ccccc1. The van der Waals surface area contributed by atoms with Crippen molar-refractivity contribution in [2.24, 2.45) is 0 Å². The van der Waals surface area contributed by atoms with Gasteiger partial charge in [-0.1, -0.05) is 36.9 Å². The lowest BCUT2D eigenvalue weighted by Gasteiger charge is -2.04. The summed E-state index contributed by atoms with van der Waals surface area (Å²) in [5.41, 5.74) is 1.54. The highest BCUT2D eigenvalue weighted by Crippen LogP contribution is 2.07. The molecule has 1 aromatic carbocycles. The summed E-state index contributed by atoms with van der Waals surface area (Å²) in [5, 5.41) is 0. The molecule has 0 unspecified atom stereocenters. The van der Waals surface area contributed by atoms with Crippen LogP contribution in [0.2, 0.25) is 0 Å². The van der Waals surface area contributed by atoms with E-state index in [2.05, 4.69) is 6.58 Å². The lowest BCUT2D eigenvalue weighted by atomic mass is 10.1. The van der Waals surface area contributed by atoms with Crippen LogP contribution in [-0.4, -0.2) is 19.2 Å². The predicted molar refractivity (Wildman–Crippen MR) is 67.2 cm³/mol. The van der Waals surface area contributed by atoms with Crippen LogP contribution in [0.3, 0.4) is 0 Å². The van der Waals surface area contributed by atoms with E-state index in [1.54, 1.807) is 13.0 Å². The van der Waals surface area contributed by atoms with Crippen LogP contribution in [-0.2, 0) is 14.3 Å². The molecule has 0 saturated heterocycles. The third-order valence-corrected chi connectivity index (χ3v) is 2.06. The van der Waals surface area contributed by atoms with Gasteiger partial charge in [0.05, 0.1) is 6.26 Å². The van der Waals surface area contributed by atoms with Crippen molar-refractivity contribution in [1.82, 2.24) is 0 Å². The van der Waals surface area contributed by atoms with Crippen LogP contribution in [0.25, 0.3) is 6.08 Å². The average Bonchev–Trinajstić information content (AvgIpc) is 2.35. The summed E-state index contributed by atoms with van der Waals surface area (Å²) in [6.07, 6.45) is 3.11. The van der Waals surface area contributed by atoms with Gasteiger partial charge >= 0.3 is 5.97 Å². The molecule has 0 fully saturated rings. The van der Waals surface area contributed by atoms with E-state index >= 15 is 0 Å². The van der Waals surface area contributed by atoms with Gasteiger partial charge in [-0.3, -0.25) is 0 Å². The molecule has 0 amide bonds. The van der Waals surface area contributed by atoms with E-state index in [0.29, 0.717) is 12.2 Å². The maximum Gasteiger partial charge on any atom is 0.333 e. The minimum absolute atomic E-state index is 0.227. The molecule has 0 spiro atoms. The third kappa shape index (κ3) is 5.02. The van der Waals surface area contributed by atoms with Gasteiger partial charge in [-0.2, -0.15) is 0 Å². The van der Waals surface area contributed by atoms with Crippen molar-refractivity contribution in [2.45, 2.75) is 6.92 Å². The first-order valence-electron chi connectivity index (χ1n) is 5.37. The highest BCUT2D eigenvalue weighted by Gasteiger charge is 2.05. The molecular formula is C14H16O3. The minimum atomic E-state index is -0.332. The minimum Gasteiger partial charge on any atom is -0.498 e. The normalized spacial score (nSPS) is 10.8. The second-order valence-corrected chi connectivity index (χ2v) is 3.41. The number of rotatable bonds is 6. The lowest BCUT2D eigenvalue weighted by Crippen LogP contribution is -2.10. The number of ether oxygens (including phenoxy) is 2. The van der Waals surface area contributed by atoms with Crippen LogP contribution in [0.15, 0.2) is 48.7 Å². The molecule has 0 N–H and O–H groups in total. The van der Waals surface area contributed by atoms with Crippen molar-refractivity contribution in [2.75, 3.05) is 13.2 Å². The highest BCUT2D eigenvalue weighted by molar-refractivity contribution is 5.92. The Bertz CT molecular complexity index is 393. The van der Waals surface area contributed by atoms with Gasteiger partial charge in [-0.15, -0.1) is 0 Å². The maximum absolute atomic E-state index is 11.5. The molecule has 90 valence electrons. The smallest absolute Gasteiger partial charge is 0.333 e. The first-order valence-corrected chi connectivity index (χ1v) is 5.37. The van der Waals surface area contributed by atoms with Crippen LogP contribution in [0, 0.1) is 0 Å². The Morgan fingerprint density at radius 2 is 2.00 bits per heavy atom. The van der Waals surface area contributed by atoms with Gasteiger partial charge in [0.1, 0.15) is 13.2 Å². The van der Waals surface area contributed by atoms with E-state index in [9.17, 15) is 4.79 Å². The molecule has 0 aliphatic rings. The molecule has 1 rings (SSSR count). The number of hydrogen-bond donors (Lipinski definition) is 0. The summed E-state index contributed by atoms with van der Waals surface area (Å²) in [4.78, 5) is 11.5. The van der Waals surface area contributed by atoms with Crippen LogP contribution < -0.4 is 0 Å².